The summed E-state index contributed by atoms with van der Waals surface area (Å²) in [7, 11) is -4.14. The van der Waals surface area contributed by atoms with Crippen LogP contribution in [0.15, 0.2) is 88.7 Å². The van der Waals surface area contributed by atoms with Gasteiger partial charge in [0.2, 0.25) is 11.8 Å². The Labute approximate surface area is 248 Å². The van der Waals surface area contributed by atoms with Crippen molar-refractivity contribution in [3.63, 3.8) is 0 Å². The van der Waals surface area contributed by atoms with Gasteiger partial charge in [-0.05, 0) is 87.5 Å². The molecule has 0 spiro atoms. The lowest BCUT2D eigenvalue weighted by molar-refractivity contribution is -0.139. The second-order valence-corrected chi connectivity index (χ2v) is 12.4. The van der Waals surface area contributed by atoms with Crippen LogP contribution in [-0.4, -0.2) is 56.6 Å². The molecule has 41 heavy (non-hydrogen) atoms. The van der Waals surface area contributed by atoms with Gasteiger partial charge in [-0.15, -0.1) is 11.8 Å². The van der Waals surface area contributed by atoms with Gasteiger partial charge < -0.3 is 15.0 Å². The van der Waals surface area contributed by atoms with Gasteiger partial charge in [-0.2, -0.15) is 0 Å². The average Bonchev–Trinajstić information content (AvgIpc) is 2.99. The second-order valence-electron chi connectivity index (χ2n) is 9.62. The molecule has 0 aliphatic rings. The highest BCUT2D eigenvalue weighted by atomic mass is 32.2. The van der Waals surface area contributed by atoms with E-state index >= 15 is 0 Å². The Hall–Kier alpha value is -3.50. The van der Waals surface area contributed by atoms with Gasteiger partial charge in [-0.25, -0.2) is 8.42 Å². The highest BCUT2D eigenvalue weighted by Gasteiger charge is 2.32. The van der Waals surface area contributed by atoms with Gasteiger partial charge in [0.25, 0.3) is 10.0 Å². The molecule has 3 rings (SSSR count). The first-order chi connectivity index (χ1) is 19.6. The van der Waals surface area contributed by atoms with Gasteiger partial charge in [0.15, 0.2) is 0 Å². The van der Waals surface area contributed by atoms with E-state index in [0.717, 1.165) is 21.2 Å². The zero-order valence-electron chi connectivity index (χ0n) is 24.2. The third-order valence-electron chi connectivity index (χ3n) is 6.73. The predicted octanol–water partition coefficient (Wildman–Crippen LogP) is 5.33. The van der Waals surface area contributed by atoms with Crippen LogP contribution in [0.1, 0.15) is 39.7 Å². The van der Waals surface area contributed by atoms with E-state index in [1.165, 1.54) is 28.8 Å². The fourth-order valence-electron chi connectivity index (χ4n) is 4.11. The zero-order chi connectivity index (χ0) is 30.0. The molecule has 0 radical (unpaired) electrons. The first-order valence-electron chi connectivity index (χ1n) is 13.6. The predicted molar refractivity (Wildman–Crippen MR) is 165 cm³/mol. The largest absolute Gasteiger partial charge is 0.494 e. The summed E-state index contributed by atoms with van der Waals surface area (Å²) in [5.41, 5.74) is 1.14. The third kappa shape index (κ3) is 8.50. The van der Waals surface area contributed by atoms with Crippen molar-refractivity contribution in [2.45, 2.75) is 62.5 Å². The molecule has 0 aliphatic heterocycles. The molecule has 0 fully saturated rings. The number of thioether (sulfide) groups is 1. The molecule has 2 amide bonds. The number of ether oxygens (including phenoxy) is 1. The number of nitrogens with one attached hydrogen (secondary N) is 1. The highest BCUT2D eigenvalue weighted by molar-refractivity contribution is 7.98. The number of hydrogen-bond acceptors (Lipinski definition) is 6. The van der Waals surface area contributed by atoms with Crippen molar-refractivity contribution in [2.24, 2.45) is 0 Å². The molecule has 2 atom stereocenters. The van der Waals surface area contributed by atoms with Gasteiger partial charge in [-0.3, -0.25) is 13.9 Å². The lowest BCUT2D eigenvalue weighted by Gasteiger charge is -2.32. The third-order valence-corrected chi connectivity index (χ3v) is 9.26. The Bertz CT molecular complexity index is 1380. The maximum Gasteiger partial charge on any atom is 0.264 e. The van der Waals surface area contributed by atoms with Crippen molar-refractivity contribution in [1.82, 2.24) is 10.2 Å². The summed E-state index contributed by atoms with van der Waals surface area (Å²) in [6.07, 6.45) is 2.65. The molecule has 1 N–H and O–H groups in total. The molecule has 8 nitrogen and oxygen atoms in total. The van der Waals surface area contributed by atoms with E-state index in [2.05, 4.69) is 5.32 Å². The lowest BCUT2D eigenvalue weighted by atomic mass is 10.1. The molecule has 0 aromatic heterocycles. The van der Waals surface area contributed by atoms with Crippen molar-refractivity contribution in [3.8, 4) is 5.75 Å². The van der Waals surface area contributed by atoms with Crippen molar-refractivity contribution in [1.29, 1.82) is 0 Å². The van der Waals surface area contributed by atoms with E-state index in [1.807, 2.05) is 57.4 Å². The van der Waals surface area contributed by atoms with Crippen LogP contribution in [0.25, 0.3) is 0 Å². The minimum atomic E-state index is -4.14. The number of carbonyl (C=O) groups excluding carboxylic acids is 2. The molecule has 0 heterocycles. The topological polar surface area (TPSA) is 96.0 Å². The molecule has 0 bridgehead atoms. The summed E-state index contributed by atoms with van der Waals surface area (Å²) in [6, 6.07) is 21.6. The van der Waals surface area contributed by atoms with Crippen LogP contribution >= 0.6 is 11.8 Å². The molecular formula is C31H39N3O5S2. The minimum absolute atomic E-state index is 0.0640. The first kappa shape index (κ1) is 32.0. The Kier molecular flexibility index (Phi) is 11.7. The van der Waals surface area contributed by atoms with Crippen LogP contribution in [0, 0.1) is 0 Å². The molecule has 10 heteroatoms. The van der Waals surface area contributed by atoms with Gasteiger partial charge in [0.05, 0.1) is 17.2 Å². The normalized spacial score (nSPS) is 12.7. The number of amides is 2. The highest BCUT2D eigenvalue weighted by Crippen LogP contribution is 2.28. The van der Waals surface area contributed by atoms with E-state index in [0.29, 0.717) is 18.0 Å². The monoisotopic (exact) mass is 597 g/mol. The van der Waals surface area contributed by atoms with Gasteiger partial charge in [0, 0.05) is 17.5 Å². The van der Waals surface area contributed by atoms with Crippen LogP contribution in [0.3, 0.4) is 0 Å². The minimum Gasteiger partial charge on any atom is -0.494 e. The van der Waals surface area contributed by atoms with Crippen molar-refractivity contribution >= 4 is 39.3 Å². The molecule has 3 aromatic carbocycles. The van der Waals surface area contributed by atoms with Gasteiger partial charge in [-0.1, -0.05) is 37.3 Å². The molecule has 0 saturated heterocycles. The molecule has 0 unspecified atom stereocenters. The van der Waals surface area contributed by atoms with Crippen LogP contribution in [0.4, 0.5) is 5.69 Å². The van der Waals surface area contributed by atoms with Crippen LogP contribution in [0.5, 0.6) is 5.75 Å². The molecule has 220 valence electrons. The quantitative estimate of drug-likeness (QED) is 0.252. The summed E-state index contributed by atoms with van der Waals surface area (Å²) in [6.45, 7) is 7.51. The molecular weight excluding hydrogens is 558 g/mol. The average molecular weight is 598 g/mol. The number of sulfonamides is 1. The fourth-order valence-corrected chi connectivity index (χ4v) is 5.93. The van der Waals surface area contributed by atoms with Crippen LogP contribution in [0.2, 0.25) is 0 Å². The summed E-state index contributed by atoms with van der Waals surface area (Å²) in [4.78, 5) is 29.5. The van der Waals surface area contributed by atoms with Crippen molar-refractivity contribution in [3.05, 3.63) is 84.4 Å². The van der Waals surface area contributed by atoms with Crippen molar-refractivity contribution in [2.75, 3.05) is 23.7 Å². The maximum atomic E-state index is 14.0. The lowest BCUT2D eigenvalue weighted by Crippen LogP contribution is -2.52. The van der Waals surface area contributed by atoms with Crippen molar-refractivity contribution < 1.29 is 22.7 Å². The molecule has 0 aliphatic carbocycles. The van der Waals surface area contributed by atoms with E-state index in [1.54, 1.807) is 43.3 Å². The summed E-state index contributed by atoms with van der Waals surface area (Å²) >= 11 is 1.51. The van der Waals surface area contributed by atoms with E-state index in [-0.39, 0.29) is 23.4 Å². The van der Waals surface area contributed by atoms with Crippen LogP contribution < -0.4 is 14.4 Å². The number of nitrogens with zero attached hydrogens (tertiary/aromatic N) is 2. The van der Waals surface area contributed by atoms with E-state index in [9.17, 15) is 18.0 Å². The van der Waals surface area contributed by atoms with Gasteiger partial charge >= 0.3 is 0 Å². The summed E-state index contributed by atoms with van der Waals surface area (Å²) < 4.78 is 34.6. The van der Waals surface area contributed by atoms with Gasteiger partial charge in [0.1, 0.15) is 18.3 Å². The Morgan fingerprint density at radius 3 is 2.12 bits per heavy atom. The smallest absolute Gasteiger partial charge is 0.264 e. The summed E-state index contributed by atoms with van der Waals surface area (Å²) in [5, 5.41) is 2.94. The number of hydrogen-bond donors (Lipinski definition) is 1. The maximum absolute atomic E-state index is 14.0. The second kappa shape index (κ2) is 14.9. The fraction of sp³-hybridized carbons (Fsp3) is 0.355. The Balaban J connectivity index is 2.02. The van der Waals surface area contributed by atoms with E-state index in [4.69, 9.17) is 4.74 Å². The number of carbonyl (C=O) groups is 2. The summed E-state index contributed by atoms with van der Waals surface area (Å²) in [5.74, 6) is -0.212. The SMILES string of the molecule is CCOc1ccc(N(CC(=O)N(Cc2ccccc2)[C@H](C)C(=O)N[C@H](C)CC)S(=O)(=O)c2ccc(SC)cc2)cc1. The first-order valence-corrected chi connectivity index (χ1v) is 16.3. The molecule has 3 aromatic rings. The Morgan fingerprint density at radius 1 is 0.927 bits per heavy atom. The number of benzene rings is 3. The molecule has 0 saturated carbocycles. The van der Waals surface area contributed by atoms with Crippen LogP contribution in [-0.2, 0) is 26.2 Å². The van der Waals surface area contributed by atoms with E-state index < -0.39 is 28.5 Å². The standard InChI is InChI=1S/C31H39N3O5S2/c1-6-23(3)32-31(36)24(4)33(21-25-11-9-8-10-12-25)30(35)22-34(26-13-15-27(16-14-26)39-7-2)41(37,38)29-19-17-28(40-5)18-20-29/h8-20,23-24H,6-7,21-22H2,1-5H3,(H,32,36)/t23-,24-/m1/s1. The zero-order valence-corrected chi connectivity index (χ0v) is 25.9. The Morgan fingerprint density at radius 2 is 1.56 bits per heavy atom. The number of rotatable bonds is 14. The number of anilines is 1.